The van der Waals surface area contributed by atoms with Gasteiger partial charge in [0.1, 0.15) is 6.61 Å². The highest BCUT2D eigenvalue weighted by molar-refractivity contribution is 7.71. The molecule has 12 heavy (non-hydrogen) atoms. The van der Waals surface area contributed by atoms with Crippen LogP contribution >= 0.6 is 7.60 Å². The third kappa shape index (κ3) is 3.03. The molecule has 0 rings (SSSR count). The van der Waals surface area contributed by atoms with Gasteiger partial charge in [-0.15, -0.1) is 0 Å². The number of aliphatic hydroxyl groups excluding tert-OH is 1. The summed E-state index contributed by atoms with van der Waals surface area (Å²) in [5.74, 6) is 0. The number of carbonyl (C=O) groups excluding carboxylic acids is 1. The fourth-order valence-electron chi connectivity index (χ4n) is 0.608. The van der Waals surface area contributed by atoms with Gasteiger partial charge >= 0.3 is 7.60 Å². The highest BCUT2D eigenvalue weighted by Crippen LogP contribution is 2.48. The number of rotatable bonds is 6. The van der Waals surface area contributed by atoms with Crippen LogP contribution in [0.2, 0.25) is 0 Å². The quantitative estimate of drug-likeness (QED) is 0.635. The molecule has 0 spiro atoms. The molecule has 0 aliphatic rings. The van der Waals surface area contributed by atoms with Crippen molar-refractivity contribution < 1.29 is 23.5 Å². The number of hydrogen-bond donors (Lipinski definition) is 1. The van der Waals surface area contributed by atoms with Gasteiger partial charge in [0, 0.05) is 0 Å². The smallest absolute Gasteiger partial charge is 0.388 e. The van der Waals surface area contributed by atoms with Crippen molar-refractivity contribution in [2.24, 2.45) is 0 Å². The minimum Gasteiger partial charge on any atom is -0.388 e. The molecule has 0 aromatic rings. The summed E-state index contributed by atoms with van der Waals surface area (Å²) < 4.78 is 20.7. The molecule has 72 valence electrons. The van der Waals surface area contributed by atoms with Gasteiger partial charge in [0.2, 0.25) is 0 Å². The summed E-state index contributed by atoms with van der Waals surface area (Å²) in [6.45, 7) is 2.59. The highest BCUT2D eigenvalue weighted by atomic mass is 31.2. The molecule has 0 aliphatic heterocycles. The highest BCUT2D eigenvalue weighted by Gasteiger charge is 2.32. The molecule has 0 aromatic heterocycles. The van der Waals surface area contributed by atoms with Crippen LogP contribution in [0.5, 0.6) is 0 Å². The molecule has 0 amide bonds. The predicted octanol–water partition coefficient (Wildman–Crippen LogP) is 0.771. The lowest BCUT2D eigenvalue weighted by molar-refractivity contribution is -0.116. The van der Waals surface area contributed by atoms with Crippen LogP contribution in [0.25, 0.3) is 0 Å². The molecule has 0 fully saturated rings. The van der Waals surface area contributed by atoms with E-state index in [9.17, 15) is 9.36 Å². The zero-order chi connectivity index (χ0) is 9.61. The van der Waals surface area contributed by atoms with Crippen LogP contribution in [0.15, 0.2) is 0 Å². The molecular formula is C6H13O5P. The molecule has 0 aromatic carbocycles. The summed E-state index contributed by atoms with van der Waals surface area (Å²) in [7, 11) is -3.70. The molecule has 0 heterocycles. The van der Waals surface area contributed by atoms with Gasteiger partial charge in [-0.25, -0.2) is 0 Å². The maximum atomic E-state index is 11.4. The Bertz CT molecular complexity index is 180. The Balaban J connectivity index is 4.38. The number of hydrogen-bond acceptors (Lipinski definition) is 5. The van der Waals surface area contributed by atoms with Crippen LogP contribution < -0.4 is 0 Å². The zero-order valence-corrected chi connectivity index (χ0v) is 8.04. The molecule has 1 N–H and O–H groups in total. The van der Waals surface area contributed by atoms with Crippen LogP contribution in [0.4, 0.5) is 0 Å². The second-order valence-electron chi connectivity index (χ2n) is 1.88. The maximum Gasteiger partial charge on any atom is 0.399 e. The number of aliphatic hydroxyl groups is 1. The largest absolute Gasteiger partial charge is 0.399 e. The van der Waals surface area contributed by atoms with Crippen molar-refractivity contribution in [2.45, 2.75) is 13.8 Å². The van der Waals surface area contributed by atoms with Gasteiger partial charge in [-0.2, -0.15) is 0 Å². The minimum atomic E-state index is -3.70. The molecule has 0 bridgehead atoms. The molecule has 0 aliphatic carbocycles. The summed E-state index contributed by atoms with van der Waals surface area (Å²) >= 11 is 0. The first-order chi connectivity index (χ1) is 5.60. The van der Waals surface area contributed by atoms with Gasteiger partial charge in [0.15, 0.2) is 0 Å². The van der Waals surface area contributed by atoms with Crippen molar-refractivity contribution in [1.82, 2.24) is 0 Å². The summed E-state index contributed by atoms with van der Waals surface area (Å²) in [4.78, 5) is 10.9. The first kappa shape index (κ1) is 11.8. The normalized spacial score (nSPS) is 11.6. The van der Waals surface area contributed by atoms with Crippen molar-refractivity contribution in [3.8, 4) is 0 Å². The Labute approximate surface area is 71.2 Å². The van der Waals surface area contributed by atoms with E-state index in [-0.39, 0.29) is 13.2 Å². The van der Waals surface area contributed by atoms with E-state index in [1.165, 1.54) is 0 Å². The van der Waals surface area contributed by atoms with Crippen LogP contribution in [-0.2, 0) is 18.4 Å². The predicted molar refractivity (Wildman–Crippen MR) is 43.0 cm³/mol. The average Bonchev–Trinajstić information content (AvgIpc) is 2.04. The van der Waals surface area contributed by atoms with Gasteiger partial charge < -0.3 is 14.2 Å². The van der Waals surface area contributed by atoms with E-state index >= 15 is 0 Å². The standard InChI is InChI=1S/C6H13O5P/c1-3-10-12(9,11-4-2)6(8)5-7/h7H,3-5H2,1-2H3. The lowest BCUT2D eigenvalue weighted by atomic mass is 10.8. The first-order valence-corrected chi connectivity index (χ1v) is 5.18. The lowest BCUT2D eigenvalue weighted by Gasteiger charge is -2.13. The molecular weight excluding hydrogens is 183 g/mol. The minimum absolute atomic E-state index is 0.114. The van der Waals surface area contributed by atoms with E-state index in [2.05, 4.69) is 9.05 Å². The van der Waals surface area contributed by atoms with Crippen LogP contribution in [0.3, 0.4) is 0 Å². The Morgan fingerprint density at radius 1 is 1.33 bits per heavy atom. The second kappa shape index (κ2) is 5.43. The SMILES string of the molecule is CCOP(=O)(OCC)C(=O)CO. The van der Waals surface area contributed by atoms with Crippen LogP contribution in [0.1, 0.15) is 13.8 Å². The van der Waals surface area contributed by atoms with Crippen molar-refractivity contribution >= 4 is 13.1 Å². The molecule has 0 radical (unpaired) electrons. The summed E-state index contributed by atoms with van der Waals surface area (Å²) in [5, 5.41) is 8.44. The Morgan fingerprint density at radius 3 is 2.00 bits per heavy atom. The molecule has 0 atom stereocenters. The molecule has 0 saturated heterocycles. The molecule has 5 nitrogen and oxygen atoms in total. The van der Waals surface area contributed by atoms with Crippen molar-refractivity contribution in [1.29, 1.82) is 0 Å². The Kier molecular flexibility index (Phi) is 5.33. The topological polar surface area (TPSA) is 72.8 Å². The van der Waals surface area contributed by atoms with Gasteiger partial charge in [0.25, 0.3) is 5.52 Å². The third-order valence-corrected chi connectivity index (χ3v) is 2.99. The van der Waals surface area contributed by atoms with E-state index in [1.807, 2.05) is 0 Å². The monoisotopic (exact) mass is 196 g/mol. The summed E-state index contributed by atoms with van der Waals surface area (Å²) in [6, 6.07) is 0. The Morgan fingerprint density at radius 2 is 1.75 bits per heavy atom. The average molecular weight is 196 g/mol. The van der Waals surface area contributed by atoms with Crippen molar-refractivity contribution in [3.05, 3.63) is 0 Å². The first-order valence-electron chi connectivity index (χ1n) is 3.64. The fourth-order valence-corrected chi connectivity index (χ4v) is 1.82. The molecule has 0 unspecified atom stereocenters. The van der Waals surface area contributed by atoms with E-state index in [4.69, 9.17) is 5.11 Å². The summed E-state index contributed by atoms with van der Waals surface area (Å²) in [6.07, 6.45) is 0. The van der Waals surface area contributed by atoms with E-state index < -0.39 is 19.7 Å². The van der Waals surface area contributed by atoms with E-state index in [1.54, 1.807) is 13.8 Å². The summed E-state index contributed by atoms with van der Waals surface area (Å²) in [5.41, 5.74) is -0.897. The molecule has 6 heteroatoms. The van der Waals surface area contributed by atoms with Crippen LogP contribution in [0, 0.1) is 0 Å². The van der Waals surface area contributed by atoms with E-state index in [0.29, 0.717) is 0 Å². The zero-order valence-electron chi connectivity index (χ0n) is 7.15. The van der Waals surface area contributed by atoms with Crippen molar-refractivity contribution in [2.75, 3.05) is 19.8 Å². The second-order valence-corrected chi connectivity index (χ2v) is 3.90. The fraction of sp³-hybridized carbons (Fsp3) is 0.833. The van der Waals surface area contributed by atoms with E-state index in [0.717, 1.165) is 0 Å². The van der Waals surface area contributed by atoms with Gasteiger partial charge in [-0.1, -0.05) is 0 Å². The van der Waals surface area contributed by atoms with Crippen molar-refractivity contribution in [3.63, 3.8) is 0 Å². The Hall–Kier alpha value is -0.220. The van der Waals surface area contributed by atoms with Crippen LogP contribution in [-0.4, -0.2) is 30.5 Å². The maximum absolute atomic E-state index is 11.4. The third-order valence-electron chi connectivity index (χ3n) is 1.04. The van der Waals surface area contributed by atoms with Gasteiger partial charge in [-0.3, -0.25) is 9.36 Å². The lowest BCUT2D eigenvalue weighted by Crippen LogP contribution is -2.10. The van der Waals surface area contributed by atoms with Gasteiger partial charge in [-0.05, 0) is 13.8 Å². The number of carbonyl (C=O) groups is 1. The molecule has 0 saturated carbocycles. The van der Waals surface area contributed by atoms with Gasteiger partial charge in [0.05, 0.1) is 13.2 Å².